The molecule has 0 atom stereocenters. The zero-order valence-electron chi connectivity index (χ0n) is 8.20. The first kappa shape index (κ1) is 12.6. The molecule has 0 bridgehead atoms. The lowest BCUT2D eigenvalue weighted by molar-refractivity contribution is -0.136. The van der Waals surface area contributed by atoms with Gasteiger partial charge >= 0.3 is 5.97 Å². The highest BCUT2D eigenvalue weighted by atomic mass is 16.6. The molecule has 0 rings (SSSR count). The van der Waals surface area contributed by atoms with Crippen molar-refractivity contribution in [1.82, 2.24) is 5.48 Å². The minimum atomic E-state index is -0.564. The van der Waals surface area contributed by atoms with Gasteiger partial charge in [-0.05, 0) is 6.92 Å². The number of carbonyl (C=O) groups excluding carboxylic acids is 2. The number of rotatable bonds is 6. The highest BCUT2D eigenvalue weighted by Crippen LogP contribution is 1.93. The molecule has 0 aliphatic heterocycles. The number of ether oxygens (including phenoxy) is 1. The van der Waals surface area contributed by atoms with Gasteiger partial charge in [-0.1, -0.05) is 6.08 Å². The third-order valence-electron chi connectivity index (χ3n) is 1.32. The fourth-order valence-corrected chi connectivity index (χ4v) is 0.620. The van der Waals surface area contributed by atoms with Crippen molar-refractivity contribution < 1.29 is 19.2 Å². The number of methoxy groups -OCH3 is 1. The second kappa shape index (κ2) is 7.05. The summed E-state index contributed by atoms with van der Waals surface area (Å²) in [6.45, 7) is 1.71. The van der Waals surface area contributed by atoms with Gasteiger partial charge in [-0.2, -0.15) is 5.48 Å². The Hall–Kier alpha value is -1.40. The van der Waals surface area contributed by atoms with Crippen LogP contribution >= 0.6 is 0 Å². The van der Waals surface area contributed by atoms with Crippen molar-refractivity contribution in [1.29, 1.82) is 0 Å². The fourth-order valence-electron chi connectivity index (χ4n) is 0.620. The molecule has 6 nitrogen and oxygen atoms in total. The predicted molar refractivity (Wildman–Crippen MR) is 48.9 cm³/mol. The van der Waals surface area contributed by atoms with Crippen LogP contribution in [0.15, 0.2) is 11.6 Å². The van der Waals surface area contributed by atoms with Gasteiger partial charge in [0, 0.05) is 12.1 Å². The van der Waals surface area contributed by atoms with Crippen LogP contribution in [0.3, 0.4) is 0 Å². The molecule has 0 unspecified atom stereocenters. The first-order valence-electron chi connectivity index (χ1n) is 3.96. The normalized spacial score (nSPS) is 11.1. The molecule has 0 saturated carbocycles. The van der Waals surface area contributed by atoms with E-state index in [2.05, 4.69) is 15.1 Å². The molecule has 1 amide bonds. The number of esters is 1. The molecule has 14 heavy (non-hydrogen) atoms. The number of carbonyl (C=O) groups is 2. The minimum absolute atomic E-state index is 0.203. The summed E-state index contributed by atoms with van der Waals surface area (Å²) in [6.07, 6.45) is 1.58. The van der Waals surface area contributed by atoms with E-state index in [4.69, 9.17) is 5.73 Å². The van der Waals surface area contributed by atoms with Gasteiger partial charge in [0.25, 0.3) is 0 Å². The maximum atomic E-state index is 10.9. The highest BCUT2D eigenvalue weighted by Gasteiger charge is 2.01. The van der Waals surface area contributed by atoms with Crippen LogP contribution in [-0.2, 0) is 19.2 Å². The number of nitrogens with one attached hydrogen (secondary N) is 1. The van der Waals surface area contributed by atoms with E-state index in [0.29, 0.717) is 12.1 Å². The standard InChI is InChI=1S/C8H14N2O4/c1-6(8(12)13-2)3-4-10-14-5-7(9)11/h3,10H,4-5H2,1-2H3,(H2,9,11). The Kier molecular flexibility index (Phi) is 6.34. The molecule has 0 fully saturated rings. The zero-order chi connectivity index (χ0) is 11.0. The van der Waals surface area contributed by atoms with E-state index >= 15 is 0 Å². The van der Waals surface area contributed by atoms with Gasteiger partial charge in [0.15, 0.2) is 0 Å². The smallest absolute Gasteiger partial charge is 0.333 e. The Bertz CT molecular complexity index is 237. The number of nitrogens with two attached hydrogens (primary N) is 1. The molecule has 0 aromatic carbocycles. The Morgan fingerprint density at radius 1 is 1.50 bits per heavy atom. The van der Waals surface area contributed by atoms with Crippen LogP contribution in [-0.4, -0.2) is 32.1 Å². The fraction of sp³-hybridized carbons (Fsp3) is 0.500. The largest absolute Gasteiger partial charge is 0.466 e. The zero-order valence-corrected chi connectivity index (χ0v) is 8.20. The monoisotopic (exact) mass is 202 g/mol. The average molecular weight is 202 g/mol. The van der Waals surface area contributed by atoms with E-state index in [9.17, 15) is 9.59 Å². The SMILES string of the molecule is COC(=O)C(C)=CCNOCC(N)=O. The topological polar surface area (TPSA) is 90.7 Å². The molecule has 0 aromatic heterocycles. The number of hydrogen-bond acceptors (Lipinski definition) is 5. The van der Waals surface area contributed by atoms with Crippen molar-refractivity contribution in [2.24, 2.45) is 5.73 Å². The van der Waals surface area contributed by atoms with Crippen LogP contribution < -0.4 is 11.2 Å². The molecule has 0 aliphatic rings. The van der Waals surface area contributed by atoms with Gasteiger partial charge in [-0.15, -0.1) is 0 Å². The second-order valence-electron chi connectivity index (χ2n) is 2.48. The lowest BCUT2D eigenvalue weighted by Gasteiger charge is -2.01. The second-order valence-corrected chi connectivity index (χ2v) is 2.48. The van der Waals surface area contributed by atoms with Crippen molar-refractivity contribution in [2.75, 3.05) is 20.3 Å². The van der Waals surface area contributed by atoms with Crippen LogP contribution in [0, 0.1) is 0 Å². The average Bonchev–Trinajstić information content (AvgIpc) is 2.15. The lowest BCUT2D eigenvalue weighted by atomic mass is 10.3. The third kappa shape index (κ3) is 6.15. The molecule has 6 heteroatoms. The summed E-state index contributed by atoms with van der Waals surface area (Å²) in [5, 5.41) is 0. The van der Waals surface area contributed by atoms with Crippen LogP contribution in [0.4, 0.5) is 0 Å². The summed E-state index contributed by atoms with van der Waals surface area (Å²) >= 11 is 0. The van der Waals surface area contributed by atoms with Gasteiger partial charge in [-0.25, -0.2) is 4.79 Å². The summed E-state index contributed by atoms with van der Waals surface area (Å²) < 4.78 is 4.46. The number of primary amides is 1. The van der Waals surface area contributed by atoms with Crippen LogP contribution in [0.1, 0.15) is 6.92 Å². The molecule has 0 aromatic rings. The van der Waals surface area contributed by atoms with Crippen molar-refractivity contribution in [3.63, 3.8) is 0 Å². The van der Waals surface area contributed by atoms with E-state index in [1.165, 1.54) is 7.11 Å². The number of amides is 1. The van der Waals surface area contributed by atoms with Crippen molar-refractivity contribution in [3.05, 3.63) is 11.6 Å². The molecule has 80 valence electrons. The summed E-state index contributed by atoms with van der Waals surface area (Å²) in [5.74, 6) is -0.965. The van der Waals surface area contributed by atoms with Crippen LogP contribution in [0.5, 0.6) is 0 Å². The summed E-state index contributed by atoms with van der Waals surface area (Å²) in [5.41, 5.74) is 7.71. The first-order valence-corrected chi connectivity index (χ1v) is 3.96. The molecular weight excluding hydrogens is 188 g/mol. The van der Waals surface area contributed by atoms with Gasteiger partial charge in [0.05, 0.1) is 7.11 Å². The van der Waals surface area contributed by atoms with E-state index in [0.717, 1.165) is 0 Å². The van der Waals surface area contributed by atoms with Crippen molar-refractivity contribution in [3.8, 4) is 0 Å². The third-order valence-corrected chi connectivity index (χ3v) is 1.32. The predicted octanol–water partition coefficient (Wildman–Crippen LogP) is -0.888. The van der Waals surface area contributed by atoms with Gasteiger partial charge in [0.1, 0.15) is 6.61 Å². The van der Waals surface area contributed by atoms with Crippen LogP contribution in [0.25, 0.3) is 0 Å². The first-order chi connectivity index (χ1) is 6.57. The Morgan fingerprint density at radius 3 is 2.64 bits per heavy atom. The van der Waals surface area contributed by atoms with E-state index in [1.807, 2.05) is 0 Å². The summed E-state index contributed by atoms with van der Waals surface area (Å²) in [4.78, 5) is 25.7. The Balaban J connectivity index is 3.61. The quantitative estimate of drug-likeness (QED) is 0.252. The summed E-state index contributed by atoms with van der Waals surface area (Å²) in [6, 6.07) is 0. The Morgan fingerprint density at radius 2 is 2.14 bits per heavy atom. The van der Waals surface area contributed by atoms with E-state index in [1.54, 1.807) is 13.0 Å². The van der Waals surface area contributed by atoms with Crippen LogP contribution in [0.2, 0.25) is 0 Å². The van der Waals surface area contributed by atoms with Crippen molar-refractivity contribution in [2.45, 2.75) is 6.92 Å². The van der Waals surface area contributed by atoms with Crippen molar-refractivity contribution >= 4 is 11.9 Å². The maximum absolute atomic E-state index is 10.9. The molecule has 0 heterocycles. The van der Waals surface area contributed by atoms with Gasteiger partial charge < -0.3 is 10.5 Å². The highest BCUT2D eigenvalue weighted by molar-refractivity contribution is 5.87. The number of hydroxylamine groups is 1. The Labute approximate surface area is 82.0 Å². The molecule has 0 saturated heterocycles. The van der Waals surface area contributed by atoms with E-state index in [-0.39, 0.29) is 6.61 Å². The molecule has 0 aliphatic carbocycles. The van der Waals surface area contributed by atoms with E-state index < -0.39 is 11.9 Å². The van der Waals surface area contributed by atoms with Gasteiger partial charge in [-0.3, -0.25) is 9.63 Å². The van der Waals surface area contributed by atoms with Gasteiger partial charge in [0.2, 0.25) is 5.91 Å². The molecular formula is C8H14N2O4. The molecule has 0 spiro atoms. The lowest BCUT2D eigenvalue weighted by Crippen LogP contribution is -2.25. The summed E-state index contributed by atoms with van der Waals surface area (Å²) in [7, 11) is 1.30. The number of hydrogen-bond donors (Lipinski definition) is 2. The minimum Gasteiger partial charge on any atom is -0.466 e. The maximum Gasteiger partial charge on any atom is 0.333 e. The molecule has 3 N–H and O–H groups in total. The molecule has 0 radical (unpaired) electrons.